The molecule has 0 bridgehead atoms. The molecule has 0 atom stereocenters. The summed E-state index contributed by atoms with van der Waals surface area (Å²) in [4.78, 5) is 0. The van der Waals surface area contributed by atoms with Crippen LogP contribution in [0.1, 0.15) is 33.1 Å². The summed E-state index contributed by atoms with van der Waals surface area (Å²) >= 11 is 9.34. The molecular weight excluding hydrogens is 312 g/mol. The molecule has 3 heteroatoms. The van der Waals surface area contributed by atoms with Crippen LogP contribution in [0, 0.1) is 5.41 Å². The Labute approximate surface area is 104 Å². The zero-order valence-electron chi connectivity index (χ0n) is 8.61. The lowest BCUT2D eigenvalue weighted by molar-refractivity contribution is 0.344. The second-order valence-electron chi connectivity index (χ2n) is 3.46. The summed E-state index contributed by atoms with van der Waals surface area (Å²) in [6.07, 6.45) is 3.94. The van der Waals surface area contributed by atoms with Gasteiger partial charge in [-0.2, -0.15) is 11.8 Å². The van der Waals surface area contributed by atoms with Crippen molar-refractivity contribution >= 4 is 43.6 Å². The van der Waals surface area contributed by atoms with E-state index >= 15 is 0 Å². The Balaban J connectivity index is 3.89. The SMILES string of the molecule is CCCC(CBr)(CBr)CCSCC. The lowest BCUT2D eigenvalue weighted by Gasteiger charge is -2.29. The maximum Gasteiger partial charge on any atom is 0.00962 e. The highest BCUT2D eigenvalue weighted by molar-refractivity contribution is 9.09. The van der Waals surface area contributed by atoms with E-state index in [-0.39, 0.29) is 0 Å². The van der Waals surface area contributed by atoms with E-state index in [2.05, 4.69) is 45.7 Å². The topological polar surface area (TPSA) is 0 Å². The minimum absolute atomic E-state index is 0.497. The van der Waals surface area contributed by atoms with Crippen molar-refractivity contribution in [1.29, 1.82) is 0 Å². The third-order valence-corrected chi connectivity index (χ3v) is 5.61. The Hall–Kier alpha value is 1.31. The van der Waals surface area contributed by atoms with Crippen molar-refractivity contribution in [3.8, 4) is 0 Å². The van der Waals surface area contributed by atoms with Crippen molar-refractivity contribution in [2.24, 2.45) is 5.41 Å². The van der Waals surface area contributed by atoms with E-state index in [0.29, 0.717) is 5.41 Å². The van der Waals surface area contributed by atoms with Crippen molar-refractivity contribution in [2.75, 3.05) is 22.2 Å². The largest absolute Gasteiger partial charge is 0.162 e. The lowest BCUT2D eigenvalue weighted by atomic mass is 9.85. The number of hydrogen-bond acceptors (Lipinski definition) is 1. The van der Waals surface area contributed by atoms with Crippen LogP contribution >= 0.6 is 43.6 Å². The van der Waals surface area contributed by atoms with Gasteiger partial charge < -0.3 is 0 Å². The smallest absolute Gasteiger partial charge is 0.00962 e. The summed E-state index contributed by atoms with van der Waals surface area (Å²) in [6, 6.07) is 0. The molecule has 0 radical (unpaired) electrons. The van der Waals surface area contributed by atoms with E-state index in [4.69, 9.17) is 0 Å². The highest BCUT2D eigenvalue weighted by Crippen LogP contribution is 2.33. The van der Waals surface area contributed by atoms with E-state index in [0.717, 1.165) is 10.7 Å². The Morgan fingerprint density at radius 3 is 2.08 bits per heavy atom. The van der Waals surface area contributed by atoms with Crippen molar-refractivity contribution in [3.05, 3.63) is 0 Å². The van der Waals surface area contributed by atoms with Crippen molar-refractivity contribution in [1.82, 2.24) is 0 Å². The van der Waals surface area contributed by atoms with Crippen molar-refractivity contribution in [2.45, 2.75) is 33.1 Å². The van der Waals surface area contributed by atoms with E-state index in [1.165, 1.54) is 30.8 Å². The number of halogens is 2. The van der Waals surface area contributed by atoms with Gasteiger partial charge in [0, 0.05) is 10.7 Å². The predicted octanol–water partition coefficient (Wildman–Crippen LogP) is 4.71. The van der Waals surface area contributed by atoms with Gasteiger partial charge in [-0.3, -0.25) is 0 Å². The first-order valence-electron chi connectivity index (χ1n) is 4.94. The Morgan fingerprint density at radius 1 is 1.08 bits per heavy atom. The molecule has 0 unspecified atom stereocenters. The first-order valence-corrected chi connectivity index (χ1v) is 8.34. The van der Waals surface area contributed by atoms with Crippen molar-refractivity contribution in [3.63, 3.8) is 0 Å². The molecule has 0 aromatic carbocycles. The summed E-state index contributed by atoms with van der Waals surface area (Å²) in [5.74, 6) is 2.54. The normalized spacial score (nSPS) is 12.0. The molecular formula is C10H20Br2S. The molecule has 0 aliphatic carbocycles. The van der Waals surface area contributed by atoms with Crippen LogP contribution in [0.4, 0.5) is 0 Å². The van der Waals surface area contributed by atoms with Gasteiger partial charge in [-0.25, -0.2) is 0 Å². The van der Waals surface area contributed by atoms with Gasteiger partial charge >= 0.3 is 0 Å². The highest BCUT2D eigenvalue weighted by Gasteiger charge is 2.25. The molecule has 0 heterocycles. The van der Waals surface area contributed by atoms with Gasteiger partial charge in [0.05, 0.1) is 0 Å². The molecule has 0 nitrogen and oxygen atoms in total. The molecule has 0 fully saturated rings. The van der Waals surface area contributed by atoms with Crippen LogP contribution in [0.3, 0.4) is 0 Å². The third kappa shape index (κ3) is 5.68. The fraction of sp³-hybridized carbons (Fsp3) is 1.00. The molecule has 0 saturated heterocycles. The molecule has 0 saturated carbocycles. The van der Waals surface area contributed by atoms with Gasteiger partial charge in [0.1, 0.15) is 0 Å². The fourth-order valence-corrected chi connectivity index (χ4v) is 4.31. The summed E-state index contributed by atoms with van der Waals surface area (Å²) in [6.45, 7) is 4.50. The maximum atomic E-state index is 3.65. The van der Waals surface area contributed by atoms with E-state index < -0.39 is 0 Å². The van der Waals surface area contributed by atoms with E-state index in [1.54, 1.807) is 0 Å². The van der Waals surface area contributed by atoms with Gasteiger partial charge in [0.2, 0.25) is 0 Å². The number of rotatable bonds is 8. The second-order valence-corrected chi connectivity index (χ2v) is 5.98. The quantitative estimate of drug-likeness (QED) is 0.458. The molecule has 0 aliphatic rings. The third-order valence-electron chi connectivity index (χ3n) is 2.33. The van der Waals surface area contributed by atoms with Crippen LogP contribution in [0.2, 0.25) is 0 Å². The first kappa shape index (κ1) is 14.3. The zero-order chi connectivity index (χ0) is 10.2. The number of thioether (sulfide) groups is 1. The molecule has 0 aromatic rings. The molecule has 0 aromatic heterocycles. The van der Waals surface area contributed by atoms with Crippen LogP contribution in [0.15, 0.2) is 0 Å². The molecule has 0 N–H and O–H groups in total. The van der Waals surface area contributed by atoms with Crippen LogP contribution in [0.5, 0.6) is 0 Å². The molecule has 0 rings (SSSR count). The van der Waals surface area contributed by atoms with Crippen LogP contribution in [-0.2, 0) is 0 Å². The summed E-state index contributed by atoms with van der Waals surface area (Å²) in [7, 11) is 0. The Morgan fingerprint density at radius 2 is 1.69 bits per heavy atom. The van der Waals surface area contributed by atoms with Crippen LogP contribution < -0.4 is 0 Å². The van der Waals surface area contributed by atoms with Gasteiger partial charge in [-0.15, -0.1) is 0 Å². The maximum absolute atomic E-state index is 3.65. The standard InChI is InChI=1S/C10H20Br2S/c1-3-5-10(8-11,9-12)6-7-13-4-2/h3-9H2,1-2H3. The van der Waals surface area contributed by atoms with E-state index in [1.807, 2.05) is 11.8 Å². The summed E-state index contributed by atoms with van der Waals surface area (Å²) < 4.78 is 0. The summed E-state index contributed by atoms with van der Waals surface area (Å²) in [5.41, 5.74) is 0.497. The van der Waals surface area contributed by atoms with Gasteiger partial charge in [0.15, 0.2) is 0 Å². The number of alkyl halides is 2. The van der Waals surface area contributed by atoms with Crippen LogP contribution in [-0.4, -0.2) is 22.2 Å². The molecule has 80 valence electrons. The molecule has 0 amide bonds. The lowest BCUT2D eigenvalue weighted by Crippen LogP contribution is -2.25. The van der Waals surface area contributed by atoms with Crippen molar-refractivity contribution < 1.29 is 0 Å². The first-order chi connectivity index (χ1) is 6.24. The fourth-order valence-electron chi connectivity index (χ4n) is 1.39. The second kappa shape index (κ2) is 8.60. The van der Waals surface area contributed by atoms with E-state index in [9.17, 15) is 0 Å². The molecule has 0 aliphatic heterocycles. The average Bonchev–Trinajstić information content (AvgIpc) is 2.17. The highest BCUT2D eigenvalue weighted by atomic mass is 79.9. The predicted molar refractivity (Wildman–Crippen MR) is 72.5 cm³/mol. The monoisotopic (exact) mass is 330 g/mol. The van der Waals surface area contributed by atoms with Gasteiger partial charge in [0.25, 0.3) is 0 Å². The van der Waals surface area contributed by atoms with Crippen LogP contribution in [0.25, 0.3) is 0 Å². The zero-order valence-corrected chi connectivity index (χ0v) is 12.6. The average molecular weight is 332 g/mol. The number of hydrogen-bond donors (Lipinski definition) is 0. The Kier molecular flexibility index (Phi) is 9.47. The minimum Gasteiger partial charge on any atom is -0.162 e. The minimum atomic E-state index is 0.497. The van der Waals surface area contributed by atoms with Gasteiger partial charge in [-0.05, 0) is 29.8 Å². The van der Waals surface area contributed by atoms with Gasteiger partial charge in [-0.1, -0.05) is 52.1 Å². The summed E-state index contributed by atoms with van der Waals surface area (Å²) in [5, 5.41) is 2.26. The molecule has 13 heavy (non-hydrogen) atoms. The Bertz CT molecular complexity index is 113. The molecule has 0 spiro atoms.